The van der Waals surface area contributed by atoms with E-state index in [2.05, 4.69) is 12.2 Å². The Morgan fingerprint density at radius 3 is 2.23 bits per heavy atom. The molecule has 31 heavy (non-hydrogen) atoms. The first-order chi connectivity index (χ1) is 15.0. The summed E-state index contributed by atoms with van der Waals surface area (Å²) in [6.45, 7) is 7.45. The summed E-state index contributed by atoms with van der Waals surface area (Å²) in [5.74, 6) is 1.37. The van der Waals surface area contributed by atoms with Crippen LogP contribution in [-0.2, 0) is 4.79 Å². The van der Waals surface area contributed by atoms with Crippen molar-refractivity contribution in [2.45, 2.75) is 33.6 Å². The Morgan fingerprint density at radius 2 is 1.58 bits per heavy atom. The standard InChI is InChI=1S/C24H32N2O5/c1-5-8-15-31-20-12-9-18(10-13-20)24(28)26(4)17-23(27)25-19-11-14-21(29-6-2)22(16-19)30-7-3/h9-14,16H,5-8,15,17H2,1-4H3,(H,25,27). The summed E-state index contributed by atoms with van der Waals surface area (Å²) < 4.78 is 16.7. The Morgan fingerprint density at radius 1 is 0.903 bits per heavy atom. The molecule has 0 aromatic heterocycles. The Bertz CT molecular complexity index is 852. The van der Waals surface area contributed by atoms with E-state index in [0.29, 0.717) is 42.6 Å². The molecular weight excluding hydrogens is 396 g/mol. The predicted molar refractivity (Wildman–Crippen MR) is 121 cm³/mol. The van der Waals surface area contributed by atoms with E-state index in [-0.39, 0.29) is 18.4 Å². The normalized spacial score (nSPS) is 10.3. The first-order valence-corrected chi connectivity index (χ1v) is 10.7. The molecule has 2 aromatic carbocycles. The summed E-state index contributed by atoms with van der Waals surface area (Å²) in [6, 6.07) is 12.2. The summed E-state index contributed by atoms with van der Waals surface area (Å²) in [4.78, 5) is 26.4. The fourth-order valence-corrected chi connectivity index (χ4v) is 2.87. The van der Waals surface area contributed by atoms with Crippen molar-refractivity contribution in [1.82, 2.24) is 4.90 Å². The van der Waals surface area contributed by atoms with E-state index in [9.17, 15) is 9.59 Å². The highest BCUT2D eigenvalue weighted by Crippen LogP contribution is 2.30. The van der Waals surface area contributed by atoms with Crippen molar-refractivity contribution >= 4 is 17.5 Å². The minimum atomic E-state index is -0.304. The third-order valence-corrected chi connectivity index (χ3v) is 4.42. The molecule has 2 amide bonds. The van der Waals surface area contributed by atoms with Crippen LogP contribution in [0.3, 0.4) is 0 Å². The van der Waals surface area contributed by atoms with Crippen LogP contribution in [0.4, 0.5) is 5.69 Å². The van der Waals surface area contributed by atoms with E-state index >= 15 is 0 Å². The number of carbonyl (C=O) groups is 2. The molecule has 7 nitrogen and oxygen atoms in total. The SMILES string of the molecule is CCCCOc1ccc(C(=O)N(C)CC(=O)Nc2ccc(OCC)c(OCC)c2)cc1. The molecule has 0 aliphatic carbocycles. The molecule has 0 unspecified atom stereocenters. The van der Waals surface area contributed by atoms with Gasteiger partial charge < -0.3 is 24.4 Å². The second-order valence-electron chi connectivity index (χ2n) is 6.96. The fraction of sp³-hybridized carbons (Fsp3) is 0.417. The average molecular weight is 429 g/mol. The van der Waals surface area contributed by atoms with Crippen LogP contribution in [-0.4, -0.2) is 50.1 Å². The summed E-state index contributed by atoms with van der Waals surface area (Å²) in [7, 11) is 1.59. The number of hydrogen-bond donors (Lipinski definition) is 1. The van der Waals surface area contributed by atoms with Crippen molar-refractivity contribution < 1.29 is 23.8 Å². The molecule has 0 heterocycles. The van der Waals surface area contributed by atoms with Gasteiger partial charge >= 0.3 is 0 Å². The van der Waals surface area contributed by atoms with Crippen LogP contribution >= 0.6 is 0 Å². The van der Waals surface area contributed by atoms with E-state index in [0.717, 1.165) is 18.6 Å². The van der Waals surface area contributed by atoms with Gasteiger partial charge in [0, 0.05) is 24.4 Å². The highest BCUT2D eigenvalue weighted by molar-refractivity contribution is 5.99. The smallest absolute Gasteiger partial charge is 0.254 e. The Balaban J connectivity index is 1.94. The molecule has 168 valence electrons. The number of ether oxygens (including phenoxy) is 3. The zero-order chi connectivity index (χ0) is 22.6. The van der Waals surface area contributed by atoms with Crippen molar-refractivity contribution in [2.75, 3.05) is 38.7 Å². The Hall–Kier alpha value is -3.22. The van der Waals surface area contributed by atoms with Crippen LogP contribution in [0.5, 0.6) is 17.2 Å². The van der Waals surface area contributed by atoms with Crippen molar-refractivity contribution in [3.63, 3.8) is 0 Å². The molecule has 0 radical (unpaired) electrons. The van der Waals surface area contributed by atoms with Crippen LogP contribution in [0.25, 0.3) is 0 Å². The number of likely N-dealkylation sites (N-methyl/N-ethyl adjacent to an activating group) is 1. The maximum atomic E-state index is 12.6. The lowest BCUT2D eigenvalue weighted by atomic mass is 10.2. The quantitative estimate of drug-likeness (QED) is 0.508. The van der Waals surface area contributed by atoms with Crippen LogP contribution in [0.2, 0.25) is 0 Å². The zero-order valence-corrected chi connectivity index (χ0v) is 18.8. The molecule has 0 aliphatic rings. The second-order valence-corrected chi connectivity index (χ2v) is 6.96. The number of carbonyl (C=O) groups excluding carboxylic acids is 2. The van der Waals surface area contributed by atoms with E-state index < -0.39 is 0 Å². The largest absolute Gasteiger partial charge is 0.494 e. The maximum Gasteiger partial charge on any atom is 0.254 e. The molecule has 2 aromatic rings. The highest BCUT2D eigenvalue weighted by Gasteiger charge is 2.16. The van der Waals surface area contributed by atoms with Crippen molar-refractivity contribution in [2.24, 2.45) is 0 Å². The summed E-state index contributed by atoms with van der Waals surface area (Å²) in [5, 5.41) is 2.80. The predicted octanol–water partition coefficient (Wildman–Crippen LogP) is 4.37. The Kier molecular flexibility index (Phi) is 9.68. The minimum Gasteiger partial charge on any atom is -0.494 e. The first kappa shape index (κ1) is 24.1. The number of amides is 2. The molecule has 0 fully saturated rings. The van der Waals surface area contributed by atoms with Gasteiger partial charge in [-0.25, -0.2) is 0 Å². The van der Waals surface area contributed by atoms with Crippen LogP contribution in [0.15, 0.2) is 42.5 Å². The molecule has 7 heteroatoms. The highest BCUT2D eigenvalue weighted by atomic mass is 16.5. The van der Waals surface area contributed by atoms with Gasteiger partial charge in [0.25, 0.3) is 5.91 Å². The number of unbranched alkanes of at least 4 members (excludes halogenated alkanes) is 1. The molecule has 0 spiro atoms. The average Bonchev–Trinajstić information content (AvgIpc) is 2.76. The lowest BCUT2D eigenvalue weighted by Crippen LogP contribution is -2.34. The van der Waals surface area contributed by atoms with Crippen molar-refractivity contribution in [1.29, 1.82) is 0 Å². The third kappa shape index (κ3) is 7.51. The van der Waals surface area contributed by atoms with Crippen molar-refractivity contribution in [3.05, 3.63) is 48.0 Å². The molecule has 0 saturated carbocycles. The van der Waals surface area contributed by atoms with E-state index in [4.69, 9.17) is 14.2 Å². The van der Waals surface area contributed by atoms with Gasteiger partial charge in [-0.2, -0.15) is 0 Å². The molecule has 0 saturated heterocycles. The second kappa shape index (κ2) is 12.5. The lowest BCUT2D eigenvalue weighted by molar-refractivity contribution is -0.116. The number of benzene rings is 2. The van der Waals surface area contributed by atoms with Crippen molar-refractivity contribution in [3.8, 4) is 17.2 Å². The van der Waals surface area contributed by atoms with Gasteiger partial charge in [-0.3, -0.25) is 9.59 Å². The van der Waals surface area contributed by atoms with Gasteiger partial charge in [0.2, 0.25) is 5.91 Å². The van der Waals surface area contributed by atoms with Gasteiger partial charge in [0.1, 0.15) is 5.75 Å². The number of anilines is 1. The number of hydrogen-bond acceptors (Lipinski definition) is 5. The van der Waals surface area contributed by atoms with Crippen LogP contribution in [0.1, 0.15) is 44.0 Å². The van der Waals surface area contributed by atoms with E-state index in [1.54, 1.807) is 49.5 Å². The molecule has 0 atom stereocenters. The van der Waals surface area contributed by atoms with Gasteiger partial charge in [0.05, 0.1) is 26.4 Å². The summed E-state index contributed by atoms with van der Waals surface area (Å²) in [5.41, 5.74) is 1.07. The molecule has 0 bridgehead atoms. The molecular formula is C24H32N2O5. The van der Waals surface area contributed by atoms with Gasteiger partial charge in [-0.15, -0.1) is 0 Å². The van der Waals surface area contributed by atoms with Crippen LogP contribution in [0, 0.1) is 0 Å². The number of nitrogens with one attached hydrogen (secondary N) is 1. The minimum absolute atomic E-state index is 0.0786. The summed E-state index contributed by atoms with van der Waals surface area (Å²) >= 11 is 0. The topological polar surface area (TPSA) is 77.1 Å². The van der Waals surface area contributed by atoms with Gasteiger partial charge in [-0.05, 0) is 56.7 Å². The first-order valence-electron chi connectivity index (χ1n) is 10.7. The lowest BCUT2D eigenvalue weighted by Gasteiger charge is -2.18. The van der Waals surface area contributed by atoms with Crippen LogP contribution < -0.4 is 19.5 Å². The van der Waals surface area contributed by atoms with E-state index in [1.807, 2.05) is 13.8 Å². The van der Waals surface area contributed by atoms with E-state index in [1.165, 1.54) is 4.90 Å². The summed E-state index contributed by atoms with van der Waals surface area (Å²) in [6.07, 6.45) is 2.05. The van der Waals surface area contributed by atoms with Gasteiger partial charge in [-0.1, -0.05) is 13.3 Å². The molecule has 2 rings (SSSR count). The fourth-order valence-electron chi connectivity index (χ4n) is 2.87. The number of rotatable bonds is 12. The van der Waals surface area contributed by atoms with Gasteiger partial charge in [0.15, 0.2) is 11.5 Å². The number of nitrogens with zero attached hydrogens (tertiary/aromatic N) is 1. The monoisotopic (exact) mass is 428 g/mol. The maximum absolute atomic E-state index is 12.6. The zero-order valence-electron chi connectivity index (χ0n) is 18.8. The third-order valence-electron chi connectivity index (χ3n) is 4.42. The molecule has 1 N–H and O–H groups in total. The Labute approximate surface area is 184 Å². The molecule has 0 aliphatic heterocycles.